The van der Waals surface area contributed by atoms with Crippen LogP contribution in [0.3, 0.4) is 0 Å². The van der Waals surface area contributed by atoms with Crippen molar-refractivity contribution in [2.24, 2.45) is 0 Å². The molecule has 7 heteroatoms. The first kappa shape index (κ1) is 19.1. The highest BCUT2D eigenvalue weighted by atomic mass is 19.1. The van der Waals surface area contributed by atoms with E-state index in [9.17, 15) is 9.18 Å². The maximum Gasteiger partial charge on any atom is 0.264 e. The monoisotopic (exact) mass is 395 g/mol. The zero-order valence-corrected chi connectivity index (χ0v) is 16.0. The zero-order chi connectivity index (χ0) is 20.1. The van der Waals surface area contributed by atoms with Crippen LogP contribution in [0.5, 0.6) is 5.75 Å². The van der Waals surface area contributed by atoms with Gasteiger partial charge in [0.05, 0.1) is 6.04 Å². The molecule has 0 radical (unpaired) electrons. The molecular weight excluding hydrogens is 373 g/mol. The molecule has 0 spiro atoms. The molecule has 1 aliphatic rings. The lowest BCUT2D eigenvalue weighted by Gasteiger charge is -2.22. The van der Waals surface area contributed by atoms with E-state index in [4.69, 9.17) is 9.26 Å². The minimum absolute atomic E-state index is 0.0906. The number of hydrogen-bond acceptors (Lipinski definition) is 5. The van der Waals surface area contributed by atoms with E-state index in [0.29, 0.717) is 36.9 Å². The maximum atomic E-state index is 13.0. The van der Waals surface area contributed by atoms with Crippen molar-refractivity contribution in [3.05, 3.63) is 77.7 Å². The Hall–Kier alpha value is -3.22. The summed E-state index contributed by atoms with van der Waals surface area (Å²) in [5.74, 6) is 1.13. The summed E-state index contributed by atoms with van der Waals surface area (Å²) in [6.45, 7) is 0.793. The first-order chi connectivity index (χ1) is 14.2. The van der Waals surface area contributed by atoms with Gasteiger partial charge in [0.25, 0.3) is 5.89 Å². The standard InChI is InChI=1S/C22H22FN3O3/c23-17-9-11-18(12-10-17)28-15-20-24-22(25-29-20)19-7-4-14-26(19)21(27)13-8-16-5-2-1-3-6-16/h1-3,5-6,9-12,19H,4,7-8,13-15H2. The second-order valence-corrected chi connectivity index (χ2v) is 7.02. The van der Waals surface area contributed by atoms with Crippen LogP contribution in [0.15, 0.2) is 59.1 Å². The molecule has 150 valence electrons. The Morgan fingerprint density at radius 1 is 1.17 bits per heavy atom. The van der Waals surface area contributed by atoms with Gasteiger partial charge < -0.3 is 14.2 Å². The number of hydrogen-bond donors (Lipinski definition) is 0. The highest BCUT2D eigenvalue weighted by Crippen LogP contribution is 2.31. The van der Waals surface area contributed by atoms with E-state index in [2.05, 4.69) is 10.1 Å². The molecule has 1 atom stereocenters. The molecule has 1 saturated heterocycles. The molecule has 6 nitrogen and oxygen atoms in total. The molecule has 29 heavy (non-hydrogen) atoms. The van der Waals surface area contributed by atoms with Crippen LogP contribution >= 0.6 is 0 Å². The van der Waals surface area contributed by atoms with Gasteiger partial charge in [0.2, 0.25) is 5.91 Å². The van der Waals surface area contributed by atoms with E-state index in [0.717, 1.165) is 18.4 Å². The Labute approximate surface area is 168 Å². The fraction of sp³-hybridized carbons (Fsp3) is 0.318. The Morgan fingerprint density at radius 3 is 2.76 bits per heavy atom. The minimum Gasteiger partial charge on any atom is -0.484 e. The number of carbonyl (C=O) groups excluding carboxylic acids is 1. The smallest absolute Gasteiger partial charge is 0.264 e. The van der Waals surface area contributed by atoms with Crippen molar-refractivity contribution in [2.45, 2.75) is 38.3 Å². The van der Waals surface area contributed by atoms with Gasteiger partial charge in [-0.15, -0.1) is 0 Å². The summed E-state index contributed by atoms with van der Waals surface area (Å²) in [6, 6.07) is 15.5. The van der Waals surface area contributed by atoms with Crippen molar-refractivity contribution in [2.75, 3.05) is 6.54 Å². The van der Waals surface area contributed by atoms with Gasteiger partial charge >= 0.3 is 0 Å². The number of benzene rings is 2. The highest BCUT2D eigenvalue weighted by molar-refractivity contribution is 5.77. The van der Waals surface area contributed by atoms with Crippen molar-refractivity contribution < 1.29 is 18.4 Å². The quantitative estimate of drug-likeness (QED) is 0.603. The highest BCUT2D eigenvalue weighted by Gasteiger charge is 2.33. The van der Waals surface area contributed by atoms with Gasteiger partial charge in [0.15, 0.2) is 12.4 Å². The molecule has 1 amide bonds. The average molecular weight is 395 g/mol. The van der Waals surface area contributed by atoms with Crippen LogP contribution in [-0.4, -0.2) is 27.5 Å². The SMILES string of the molecule is O=C(CCc1ccccc1)N1CCCC1c1noc(COc2ccc(F)cc2)n1. The maximum absolute atomic E-state index is 13.0. The molecule has 2 aromatic carbocycles. The van der Waals surface area contributed by atoms with Gasteiger partial charge in [-0.1, -0.05) is 35.5 Å². The topological polar surface area (TPSA) is 68.5 Å². The molecule has 0 bridgehead atoms. The Bertz CT molecular complexity index is 943. The molecule has 4 rings (SSSR count). The number of likely N-dealkylation sites (tertiary alicyclic amines) is 1. The molecule has 1 unspecified atom stereocenters. The largest absolute Gasteiger partial charge is 0.484 e. The average Bonchev–Trinajstić information content (AvgIpc) is 3.42. The van der Waals surface area contributed by atoms with Crippen molar-refractivity contribution >= 4 is 5.91 Å². The Balaban J connectivity index is 1.34. The third-order valence-corrected chi connectivity index (χ3v) is 5.00. The van der Waals surface area contributed by atoms with Gasteiger partial charge in [-0.3, -0.25) is 4.79 Å². The van der Waals surface area contributed by atoms with Crippen molar-refractivity contribution in [1.29, 1.82) is 0 Å². The van der Waals surface area contributed by atoms with Crippen LogP contribution in [0, 0.1) is 5.82 Å². The van der Waals surface area contributed by atoms with E-state index in [1.54, 1.807) is 0 Å². The molecule has 0 aliphatic carbocycles. The lowest BCUT2D eigenvalue weighted by molar-refractivity contribution is -0.132. The van der Waals surface area contributed by atoms with E-state index < -0.39 is 0 Å². The van der Waals surface area contributed by atoms with Gasteiger partial charge in [0, 0.05) is 13.0 Å². The first-order valence-corrected chi connectivity index (χ1v) is 9.73. The number of halogens is 1. The lowest BCUT2D eigenvalue weighted by Crippen LogP contribution is -2.31. The van der Waals surface area contributed by atoms with Gasteiger partial charge in [0.1, 0.15) is 11.6 Å². The van der Waals surface area contributed by atoms with Gasteiger partial charge in [-0.25, -0.2) is 4.39 Å². The molecule has 0 N–H and O–H groups in total. The number of amides is 1. The Morgan fingerprint density at radius 2 is 1.97 bits per heavy atom. The molecule has 3 aromatic rings. The second kappa shape index (κ2) is 8.86. The van der Waals surface area contributed by atoms with E-state index in [1.165, 1.54) is 24.3 Å². The number of ether oxygens (including phenoxy) is 1. The molecule has 1 aliphatic heterocycles. The lowest BCUT2D eigenvalue weighted by atomic mass is 10.1. The van der Waals surface area contributed by atoms with Crippen molar-refractivity contribution in [1.82, 2.24) is 15.0 Å². The summed E-state index contributed by atoms with van der Waals surface area (Å²) in [6.07, 6.45) is 2.90. The van der Waals surface area contributed by atoms with E-state index in [-0.39, 0.29) is 24.4 Å². The van der Waals surface area contributed by atoms with E-state index >= 15 is 0 Å². The van der Waals surface area contributed by atoms with E-state index in [1.807, 2.05) is 35.2 Å². The Kier molecular flexibility index (Phi) is 5.84. The zero-order valence-electron chi connectivity index (χ0n) is 16.0. The van der Waals surface area contributed by atoms with Crippen LogP contribution in [0.1, 0.15) is 42.6 Å². The van der Waals surface area contributed by atoms with Gasteiger partial charge in [-0.05, 0) is 49.1 Å². The summed E-state index contributed by atoms with van der Waals surface area (Å²) in [5, 5.41) is 4.06. The van der Waals surface area contributed by atoms with Crippen LogP contribution < -0.4 is 4.74 Å². The third-order valence-electron chi connectivity index (χ3n) is 5.00. The number of carbonyl (C=O) groups is 1. The van der Waals surface area contributed by atoms with Crippen LogP contribution in [-0.2, 0) is 17.8 Å². The number of rotatable bonds is 7. The summed E-state index contributed by atoms with van der Waals surface area (Å²) >= 11 is 0. The number of aromatic nitrogens is 2. The summed E-state index contributed by atoms with van der Waals surface area (Å²) < 4.78 is 23.8. The fourth-order valence-corrected chi connectivity index (χ4v) is 3.51. The predicted molar refractivity (Wildman–Crippen MR) is 103 cm³/mol. The van der Waals surface area contributed by atoms with Crippen LogP contribution in [0.4, 0.5) is 4.39 Å². The first-order valence-electron chi connectivity index (χ1n) is 9.73. The predicted octanol–water partition coefficient (Wildman–Crippen LogP) is 4.08. The third kappa shape index (κ3) is 4.80. The molecule has 0 saturated carbocycles. The van der Waals surface area contributed by atoms with Crippen molar-refractivity contribution in [3.63, 3.8) is 0 Å². The molecule has 2 heterocycles. The van der Waals surface area contributed by atoms with Crippen LogP contribution in [0.2, 0.25) is 0 Å². The normalized spacial score (nSPS) is 16.2. The summed E-state index contributed by atoms with van der Waals surface area (Å²) in [7, 11) is 0. The summed E-state index contributed by atoms with van der Waals surface area (Å²) in [4.78, 5) is 19.0. The molecular formula is C22H22FN3O3. The summed E-state index contributed by atoms with van der Waals surface area (Å²) in [5.41, 5.74) is 1.15. The van der Waals surface area contributed by atoms with Gasteiger partial charge in [-0.2, -0.15) is 4.98 Å². The van der Waals surface area contributed by atoms with Crippen molar-refractivity contribution in [3.8, 4) is 5.75 Å². The molecule has 1 fully saturated rings. The number of aryl methyl sites for hydroxylation is 1. The molecule has 1 aromatic heterocycles. The minimum atomic E-state index is -0.323. The van der Waals surface area contributed by atoms with Crippen LogP contribution in [0.25, 0.3) is 0 Å². The second-order valence-electron chi connectivity index (χ2n) is 7.02. The number of nitrogens with zero attached hydrogens (tertiary/aromatic N) is 3. The fourth-order valence-electron chi connectivity index (χ4n) is 3.51.